The van der Waals surface area contributed by atoms with E-state index < -0.39 is 23.7 Å². The standard InChI is InChI=1S/C21H28FN3O3/c1-13(2)18-11-17(24-25(18)21(3,4)5)20(27)23-16(12-19(26)28-6)14-7-9-15(22)10-8-14/h7-11,13,16H,12H2,1-6H3,(H,23,27). The van der Waals surface area contributed by atoms with Gasteiger partial charge in [0, 0.05) is 5.69 Å². The molecule has 0 aliphatic carbocycles. The molecule has 0 saturated carbocycles. The lowest BCUT2D eigenvalue weighted by Gasteiger charge is -2.23. The Balaban J connectivity index is 2.32. The molecule has 1 aromatic carbocycles. The first kappa shape index (κ1) is 21.6. The summed E-state index contributed by atoms with van der Waals surface area (Å²) < 4.78 is 19.8. The second kappa shape index (κ2) is 8.54. The van der Waals surface area contributed by atoms with Crippen molar-refractivity contribution in [2.24, 2.45) is 0 Å². The number of ether oxygens (including phenoxy) is 1. The summed E-state index contributed by atoms with van der Waals surface area (Å²) in [6.45, 7) is 10.1. The highest BCUT2D eigenvalue weighted by atomic mass is 19.1. The molecule has 152 valence electrons. The van der Waals surface area contributed by atoms with Crippen LogP contribution in [0.25, 0.3) is 0 Å². The lowest BCUT2D eigenvalue weighted by molar-refractivity contribution is -0.141. The number of hydrogen-bond acceptors (Lipinski definition) is 4. The lowest BCUT2D eigenvalue weighted by Crippen LogP contribution is -2.31. The van der Waals surface area contributed by atoms with Crippen molar-refractivity contribution < 1.29 is 18.7 Å². The van der Waals surface area contributed by atoms with Crippen molar-refractivity contribution in [1.29, 1.82) is 0 Å². The zero-order chi connectivity index (χ0) is 21.1. The molecule has 0 bridgehead atoms. The van der Waals surface area contributed by atoms with Gasteiger partial charge < -0.3 is 10.1 Å². The van der Waals surface area contributed by atoms with Crippen LogP contribution in [0.5, 0.6) is 0 Å². The summed E-state index contributed by atoms with van der Waals surface area (Å²) in [6.07, 6.45) is -0.0646. The Morgan fingerprint density at radius 2 is 1.82 bits per heavy atom. The van der Waals surface area contributed by atoms with E-state index in [0.29, 0.717) is 5.56 Å². The monoisotopic (exact) mass is 389 g/mol. The fourth-order valence-corrected chi connectivity index (χ4v) is 2.88. The number of carbonyl (C=O) groups excluding carboxylic acids is 2. The number of esters is 1. The number of nitrogens with zero attached hydrogens (tertiary/aromatic N) is 2. The normalized spacial score (nSPS) is 12.7. The van der Waals surface area contributed by atoms with Gasteiger partial charge in [-0.15, -0.1) is 0 Å². The van der Waals surface area contributed by atoms with Crippen molar-refractivity contribution in [2.75, 3.05) is 7.11 Å². The van der Waals surface area contributed by atoms with Gasteiger partial charge in [0.2, 0.25) is 0 Å². The molecule has 0 aliphatic heterocycles. The number of nitrogens with one attached hydrogen (secondary N) is 1. The van der Waals surface area contributed by atoms with Crippen LogP contribution in [0.2, 0.25) is 0 Å². The average molecular weight is 389 g/mol. The van der Waals surface area contributed by atoms with E-state index in [1.807, 2.05) is 39.3 Å². The molecule has 1 aromatic heterocycles. The van der Waals surface area contributed by atoms with Crippen LogP contribution in [0, 0.1) is 5.82 Å². The molecule has 6 nitrogen and oxygen atoms in total. The SMILES string of the molecule is COC(=O)CC(NC(=O)c1cc(C(C)C)n(C(C)(C)C)n1)c1ccc(F)cc1. The largest absolute Gasteiger partial charge is 0.469 e. The number of amides is 1. The Hall–Kier alpha value is -2.70. The highest BCUT2D eigenvalue weighted by Crippen LogP contribution is 2.24. The molecule has 0 saturated heterocycles. The lowest BCUT2D eigenvalue weighted by atomic mass is 10.0. The number of benzene rings is 1. The van der Waals surface area contributed by atoms with E-state index >= 15 is 0 Å². The van der Waals surface area contributed by atoms with Gasteiger partial charge in [-0.2, -0.15) is 5.10 Å². The molecule has 2 aromatic rings. The first-order valence-corrected chi connectivity index (χ1v) is 9.26. The molecular weight excluding hydrogens is 361 g/mol. The highest BCUT2D eigenvalue weighted by molar-refractivity contribution is 5.93. The molecule has 7 heteroatoms. The summed E-state index contributed by atoms with van der Waals surface area (Å²) in [4.78, 5) is 24.7. The first-order chi connectivity index (χ1) is 13.0. The Morgan fingerprint density at radius 3 is 2.29 bits per heavy atom. The third-order valence-corrected chi connectivity index (χ3v) is 4.37. The van der Waals surface area contributed by atoms with Crippen LogP contribution in [-0.2, 0) is 15.1 Å². The molecule has 0 fully saturated rings. The second-order valence-electron chi connectivity index (χ2n) is 8.05. The Kier molecular flexibility index (Phi) is 6.59. The van der Waals surface area contributed by atoms with Crippen LogP contribution in [0.15, 0.2) is 30.3 Å². The fraction of sp³-hybridized carbons (Fsp3) is 0.476. The number of halogens is 1. The number of hydrogen-bond donors (Lipinski definition) is 1. The Morgan fingerprint density at radius 1 is 1.21 bits per heavy atom. The smallest absolute Gasteiger partial charge is 0.307 e. The van der Waals surface area contributed by atoms with Crippen molar-refractivity contribution in [3.8, 4) is 0 Å². The minimum absolute atomic E-state index is 0.0646. The topological polar surface area (TPSA) is 73.2 Å². The molecule has 1 atom stereocenters. The minimum atomic E-state index is -0.650. The van der Waals surface area contributed by atoms with Gasteiger partial charge in [-0.1, -0.05) is 26.0 Å². The molecular formula is C21H28FN3O3. The van der Waals surface area contributed by atoms with Gasteiger partial charge in [0.25, 0.3) is 5.91 Å². The molecule has 0 aliphatic rings. The highest BCUT2D eigenvalue weighted by Gasteiger charge is 2.26. The number of carbonyl (C=O) groups is 2. The van der Waals surface area contributed by atoms with Crippen molar-refractivity contribution >= 4 is 11.9 Å². The van der Waals surface area contributed by atoms with Gasteiger partial charge >= 0.3 is 5.97 Å². The fourth-order valence-electron chi connectivity index (χ4n) is 2.88. The molecule has 0 spiro atoms. The number of methoxy groups -OCH3 is 1. The van der Waals surface area contributed by atoms with Crippen molar-refractivity contribution in [3.05, 3.63) is 53.1 Å². The van der Waals surface area contributed by atoms with Gasteiger partial charge in [-0.25, -0.2) is 4.39 Å². The van der Waals surface area contributed by atoms with Gasteiger partial charge in [-0.3, -0.25) is 14.3 Å². The maximum absolute atomic E-state index is 13.2. The van der Waals surface area contributed by atoms with Crippen LogP contribution in [0.1, 0.15) is 74.7 Å². The second-order valence-corrected chi connectivity index (χ2v) is 8.05. The van der Waals surface area contributed by atoms with E-state index in [9.17, 15) is 14.0 Å². The van der Waals surface area contributed by atoms with Crippen LogP contribution in [0.4, 0.5) is 4.39 Å². The average Bonchev–Trinajstić information content (AvgIpc) is 3.08. The molecule has 1 unspecified atom stereocenters. The molecule has 0 radical (unpaired) electrons. The first-order valence-electron chi connectivity index (χ1n) is 9.26. The van der Waals surface area contributed by atoms with Crippen molar-refractivity contribution in [1.82, 2.24) is 15.1 Å². The van der Waals surface area contributed by atoms with Crippen molar-refractivity contribution in [3.63, 3.8) is 0 Å². The summed E-state index contributed by atoms with van der Waals surface area (Å²) in [5, 5.41) is 7.32. The van der Waals surface area contributed by atoms with Crippen molar-refractivity contribution in [2.45, 2.75) is 58.5 Å². The zero-order valence-corrected chi connectivity index (χ0v) is 17.2. The summed E-state index contributed by atoms with van der Waals surface area (Å²) in [5.74, 6) is -1.07. The summed E-state index contributed by atoms with van der Waals surface area (Å²) in [7, 11) is 1.28. The van der Waals surface area contributed by atoms with Crippen LogP contribution >= 0.6 is 0 Å². The van der Waals surface area contributed by atoms with E-state index in [0.717, 1.165) is 5.69 Å². The van der Waals surface area contributed by atoms with Crippen LogP contribution in [0.3, 0.4) is 0 Å². The minimum Gasteiger partial charge on any atom is -0.469 e. The van der Waals surface area contributed by atoms with E-state index in [2.05, 4.69) is 10.4 Å². The van der Waals surface area contributed by atoms with Gasteiger partial charge in [0.05, 0.1) is 25.1 Å². The summed E-state index contributed by atoms with van der Waals surface area (Å²) in [6, 6.07) is 6.77. The molecule has 1 heterocycles. The maximum atomic E-state index is 13.2. The van der Waals surface area contributed by atoms with Crippen LogP contribution in [-0.4, -0.2) is 28.8 Å². The summed E-state index contributed by atoms with van der Waals surface area (Å²) >= 11 is 0. The Bertz CT molecular complexity index is 836. The summed E-state index contributed by atoms with van der Waals surface area (Å²) in [5.41, 5.74) is 1.56. The number of aromatic nitrogens is 2. The molecule has 1 N–H and O–H groups in total. The quantitative estimate of drug-likeness (QED) is 0.760. The zero-order valence-electron chi connectivity index (χ0n) is 17.2. The molecule has 28 heavy (non-hydrogen) atoms. The molecule has 2 rings (SSSR count). The number of rotatable bonds is 6. The Labute approximate surface area is 165 Å². The van der Waals surface area contributed by atoms with Crippen LogP contribution < -0.4 is 5.32 Å². The van der Waals surface area contributed by atoms with Gasteiger partial charge in [-0.05, 0) is 50.5 Å². The van der Waals surface area contributed by atoms with E-state index in [4.69, 9.17) is 4.74 Å². The predicted molar refractivity (Wildman–Crippen MR) is 105 cm³/mol. The predicted octanol–water partition coefficient (Wildman–Crippen LogP) is 3.93. The third-order valence-electron chi connectivity index (χ3n) is 4.37. The third kappa shape index (κ3) is 5.18. The molecule has 1 amide bonds. The maximum Gasteiger partial charge on any atom is 0.307 e. The van der Waals surface area contributed by atoms with Gasteiger partial charge in [0.1, 0.15) is 11.5 Å². The van der Waals surface area contributed by atoms with E-state index in [1.54, 1.807) is 6.07 Å². The van der Waals surface area contributed by atoms with E-state index in [1.165, 1.54) is 31.4 Å². The van der Waals surface area contributed by atoms with E-state index in [-0.39, 0.29) is 23.6 Å². The van der Waals surface area contributed by atoms with Gasteiger partial charge in [0.15, 0.2) is 0 Å².